The first-order valence-corrected chi connectivity index (χ1v) is 8.11. The summed E-state index contributed by atoms with van der Waals surface area (Å²) in [5.41, 5.74) is 7.03. The van der Waals surface area contributed by atoms with Gasteiger partial charge in [0.05, 0.1) is 12.5 Å². The smallest absolute Gasteiger partial charge is 0.229 e. The third-order valence-corrected chi connectivity index (χ3v) is 4.37. The van der Waals surface area contributed by atoms with Crippen LogP contribution in [0.5, 0.6) is 11.5 Å². The molecule has 2 aliphatic heterocycles. The lowest BCUT2D eigenvalue weighted by Crippen LogP contribution is -2.49. The number of carbonyl (C=O) groups is 1. The van der Waals surface area contributed by atoms with Gasteiger partial charge in [-0.25, -0.2) is 0 Å². The second-order valence-electron chi connectivity index (χ2n) is 6.08. The van der Waals surface area contributed by atoms with E-state index in [1.807, 2.05) is 30.0 Å². The van der Waals surface area contributed by atoms with Gasteiger partial charge < -0.3 is 20.1 Å². The Morgan fingerprint density at radius 2 is 2.36 bits per heavy atom. The van der Waals surface area contributed by atoms with Crippen molar-refractivity contribution < 1.29 is 14.3 Å². The number of carbonyl (C=O) groups excluding carboxylic acids is 1. The van der Waals surface area contributed by atoms with Crippen LogP contribution in [0.25, 0.3) is 0 Å². The number of likely N-dealkylation sites (tertiary alicyclic amines) is 1. The van der Waals surface area contributed by atoms with Crippen LogP contribution < -0.4 is 15.2 Å². The van der Waals surface area contributed by atoms with Crippen LogP contribution in [0.4, 0.5) is 0 Å². The van der Waals surface area contributed by atoms with Gasteiger partial charge in [-0.15, -0.1) is 0 Å². The van der Waals surface area contributed by atoms with Gasteiger partial charge in [0.25, 0.3) is 0 Å². The van der Waals surface area contributed by atoms with Gasteiger partial charge >= 0.3 is 0 Å². The highest BCUT2D eigenvalue weighted by atomic mass is 16.5. The highest BCUT2D eigenvalue weighted by Crippen LogP contribution is 2.36. The summed E-state index contributed by atoms with van der Waals surface area (Å²) in [4.78, 5) is 14.6. The van der Waals surface area contributed by atoms with E-state index in [2.05, 4.69) is 0 Å². The number of fused-ring (bicyclic) bond motifs is 1. The maximum absolute atomic E-state index is 12.7. The molecule has 5 nitrogen and oxygen atoms in total. The van der Waals surface area contributed by atoms with E-state index in [1.54, 1.807) is 0 Å². The molecule has 2 atom stereocenters. The number of rotatable bonds is 3. The number of amides is 1. The molecule has 120 valence electrons. The van der Waals surface area contributed by atoms with Gasteiger partial charge in [0.1, 0.15) is 6.61 Å². The molecular formula is C17H24N2O3. The Hall–Kier alpha value is -1.75. The average Bonchev–Trinajstić information content (AvgIpc) is 2.54. The Morgan fingerprint density at radius 3 is 3.14 bits per heavy atom. The maximum Gasteiger partial charge on any atom is 0.229 e. The first-order valence-electron chi connectivity index (χ1n) is 8.11. The fourth-order valence-electron chi connectivity index (χ4n) is 3.29. The number of hydrogen-bond donors (Lipinski definition) is 1. The van der Waals surface area contributed by atoms with Gasteiger partial charge in [-0.2, -0.15) is 0 Å². The Bertz CT molecular complexity index is 547. The lowest BCUT2D eigenvalue weighted by Gasteiger charge is -2.35. The number of nitrogens with zero attached hydrogens (tertiary/aromatic N) is 1. The molecule has 2 heterocycles. The SMILES string of the molecule is CCOc1cccc2c1OC[C@@H](C(=O)N1CCC[C@@H](N)C1)C2. The molecule has 0 spiro atoms. The zero-order valence-corrected chi connectivity index (χ0v) is 13.1. The number of ether oxygens (including phenoxy) is 2. The molecule has 0 aromatic heterocycles. The number of benzene rings is 1. The summed E-state index contributed by atoms with van der Waals surface area (Å²) >= 11 is 0. The predicted molar refractivity (Wildman–Crippen MR) is 84.1 cm³/mol. The standard InChI is InChI=1S/C17H24N2O3/c1-2-21-15-7-3-5-12-9-13(11-22-16(12)15)17(20)19-8-4-6-14(18)10-19/h3,5,7,13-14H,2,4,6,8-11,18H2,1H3/t13-,14+/m0/s1. The van der Waals surface area contributed by atoms with E-state index in [0.29, 0.717) is 26.2 Å². The van der Waals surface area contributed by atoms with Crippen LogP contribution in [0.15, 0.2) is 18.2 Å². The second kappa shape index (κ2) is 6.57. The monoisotopic (exact) mass is 304 g/mol. The average molecular weight is 304 g/mol. The summed E-state index contributed by atoms with van der Waals surface area (Å²) in [6, 6.07) is 5.99. The summed E-state index contributed by atoms with van der Waals surface area (Å²) in [7, 11) is 0. The molecule has 1 fully saturated rings. The molecule has 1 amide bonds. The van der Waals surface area contributed by atoms with E-state index in [9.17, 15) is 4.79 Å². The predicted octanol–water partition coefficient (Wildman–Crippen LogP) is 1.59. The van der Waals surface area contributed by atoms with Crippen molar-refractivity contribution in [1.82, 2.24) is 4.90 Å². The lowest BCUT2D eigenvalue weighted by atomic mass is 9.94. The zero-order chi connectivity index (χ0) is 15.5. The Balaban J connectivity index is 1.71. The van der Waals surface area contributed by atoms with Crippen molar-refractivity contribution in [3.63, 3.8) is 0 Å². The van der Waals surface area contributed by atoms with Crippen molar-refractivity contribution >= 4 is 5.91 Å². The minimum atomic E-state index is -0.116. The molecule has 0 saturated carbocycles. The molecule has 1 aromatic carbocycles. The molecule has 0 bridgehead atoms. The molecule has 0 aliphatic carbocycles. The molecule has 1 aromatic rings. The minimum Gasteiger partial charge on any atom is -0.490 e. The Morgan fingerprint density at radius 1 is 1.50 bits per heavy atom. The van der Waals surface area contributed by atoms with Crippen LogP contribution in [0.2, 0.25) is 0 Å². The van der Waals surface area contributed by atoms with E-state index in [0.717, 1.165) is 36.4 Å². The molecule has 5 heteroatoms. The fourth-order valence-corrected chi connectivity index (χ4v) is 3.29. The Kier molecular flexibility index (Phi) is 4.52. The van der Waals surface area contributed by atoms with Crippen LogP contribution in [0.3, 0.4) is 0 Å². The first kappa shape index (κ1) is 15.2. The van der Waals surface area contributed by atoms with E-state index in [1.165, 1.54) is 0 Å². The maximum atomic E-state index is 12.7. The third-order valence-electron chi connectivity index (χ3n) is 4.37. The van der Waals surface area contributed by atoms with Gasteiger partial charge in [-0.05, 0) is 37.8 Å². The van der Waals surface area contributed by atoms with E-state index >= 15 is 0 Å². The molecule has 2 aliphatic rings. The summed E-state index contributed by atoms with van der Waals surface area (Å²) in [5.74, 6) is 1.62. The number of piperidine rings is 1. The van der Waals surface area contributed by atoms with E-state index < -0.39 is 0 Å². The quantitative estimate of drug-likeness (QED) is 0.921. The highest BCUT2D eigenvalue weighted by Gasteiger charge is 2.32. The number of para-hydroxylation sites is 1. The zero-order valence-electron chi connectivity index (χ0n) is 13.1. The molecule has 2 N–H and O–H groups in total. The van der Waals surface area contributed by atoms with Crippen molar-refractivity contribution in [2.75, 3.05) is 26.3 Å². The van der Waals surface area contributed by atoms with Gasteiger partial charge in [0.15, 0.2) is 11.5 Å². The van der Waals surface area contributed by atoms with E-state index in [4.69, 9.17) is 15.2 Å². The molecule has 3 rings (SSSR count). The van der Waals surface area contributed by atoms with Crippen molar-refractivity contribution in [3.05, 3.63) is 23.8 Å². The topological polar surface area (TPSA) is 64.8 Å². The van der Waals surface area contributed by atoms with Crippen LogP contribution in [-0.2, 0) is 11.2 Å². The molecule has 0 radical (unpaired) electrons. The lowest BCUT2D eigenvalue weighted by molar-refractivity contribution is -0.138. The second-order valence-corrected chi connectivity index (χ2v) is 6.08. The first-order chi connectivity index (χ1) is 10.7. The van der Waals surface area contributed by atoms with Crippen molar-refractivity contribution in [3.8, 4) is 11.5 Å². The van der Waals surface area contributed by atoms with Crippen molar-refractivity contribution in [2.24, 2.45) is 11.7 Å². The minimum absolute atomic E-state index is 0.110. The number of hydrogen-bond acceptors (Lipinski definition) is 4. The van der Waals surface area contributed by atoms with E-state index in [-0.39, 0.29) is 17.9 Å². The summed E-state index contributed by atoms with van der Waals surface area (Å²) in [5, 5.41) is 0. The van der Waals surface area contributed by atoms with Crippen molar-refractivity contribution in [1.29, 1.82) is 0 Å². The van der Waals surface area contributed by atoms with Crippen LogP contribution in [0, 0.1) is 5.92 Å². The third kappa shape index (κ3) is 3.04. The normalized spacial score (nSPS) is 24.4. The van der Waals surface area contributed by atoms with Gasteiger partial charge in [-0.3, -0.25) is 4.79 Å². The van der Waals surface area contributed by atoms with Crippen molar-refractivity contribution in [2.45, 2.75) is 32.2 Å². The fraction of sp³-hybridized carbons (Fsp3) is 0.588. The van der Waals surface area contributed by atoms with Crippen LogP contribution >= 0.6 is 0 Å². The van der Waals surface area contributed by atoms with Gasteiger partial charge in [0.2, 0.25) is 5.91 Å². The highest BCUT2D eigenvalue weighted by molar-refractivity contribution is 5.80. The Labute approximate surface area is 131 Å². The molecule has 22 heavy (non-hydrogen) atoms. The molecule has 0 unspecified atom stereocenters. The van der Waals surface area contributed by atoms with Crippen LogP contribution in [0.1, 0.15) is 25.3 Å². The molecule has 1 saturated heterocycles. The van der Waals surface area contributed by atoms with Gasteiger partial charge in [-0.1, -0.05) is 12.1 Å². The molecular weight excluding hydrogens is 280 g/mol. The van der Waals surface area contributed by atoms with Gasteiger partial charge in [0, 0.05) is 19.1 Å². The largest absolute Gasteiger partial charge is 0.490 e. The van der Waals surface area contributed by atoms with Crippen LogP contribution in [-0.4, -0.2) is 43.2 Å². The summed E-state index contributed by atoms with van der Waals surface area (Å²) in [6.07, 6.45) is 2.71. The number of nitrogens with two attached hydrogens (primary N) is 1. The summed E-state index contributed by atoms with van der Waals surface area (Å²) in [6.45, 7) is 4.46. The summed E-state index contributed by atoms with van der Waals surface area (Å²) < 4.78 is 11.4.